The number of furan rings is 1. The zero-order valence-corrected chi connectivity index (χ0v) is 11.5. The Morgan fingerprint density at radius 1 is 1.53 bits per heavy atom. The summed E-state index contributed by atoms with van der Waals surface area (Å²) in [4.78, 5) is 11.4. The first kappa shape index (κ1) is 14.1. The maximum atomic E-state index is 11.4. The largest absolute Gasteiger partial charge is 0.465 e. The molecule has 1 aromatic heterocycles. The Morgan fingerprint density at radius 2 is 2.37 bits per heavy atom. The molecule has 1 aliphatic heterocycles. The molecule has 1 aromatic rings. The number of carbonyl (C=O) groups is 1. The van der Waals surface area contributed by atoms with Crippen molar-refractivity contribution in [2.75, 3.05) is 20.3 Å². The van der Waals surface area contributed by atoms with E-state index in [2.05, 4.69) is 5.32 Å². The molecule has 1 fully saturated rings. The standard InChI is InChI=1S/C14H21NO4/c1-10-13(14(16)17-2)7-12(19-10)9-15-8-11-5-3-4-6-18-11/h7,11,15H,3-6,8-9H2,1-2H3. The van der Waals surface area contributed by atoms with Gasteiger partial charge in [-0.1, -0.05) is 0 Å². The number of methoxy groups -OCH3 is 1. The van der Waals surface area contributed by atoms with Crippen molar-refractivity contribution >= 4 is 5.97 Å². The van der Waals surface area contributed by atoms with Gasteiger partial charge in [-0.05, 0) is 32.3 Å². The van der Waals surface area contributed by atoms with Crippen LogP contribution in [0.3, 0.4) is 0 Å². The molecule has 0 aromatic carbocycles. The Balaban J connectivity index is 1.81. The van der Waals surface area contributed by atoms with Crippen LogP contribution in [0.5, 0.6) is 0 Å². The highest BCUT2D eigenvalue weighted by Crippen LogP contribution is 2.16. The van der Waals surface area contributed by atoms with Crippen molar-refractivity contribution in [1.29, 1.82) is 0 Å². The third-order valence-electron chi connectivity index (χ3n) is 3.32. The van der Waals surface area contributed by atoms with Gasteiger partial charge >= 0.3 is 5.97 Å². The lowest BCUT2D eigenvalue weighted by atomic mass is 10.1. The second kappa shape index (κ2) is 6.73. The number of carbonyl (C=O) groups excluding carboxylic acids is 1. The number of hydrogen-bond acceptors (Lipinski definition) is 5. The first-order chi connectivity index (χ1) is 9.20. The molecule has 19 heavy (non-hydrogen) atoms. The monoisotopic (exact) mass is 267 g/mol. The summed E-state index contributed by atoms with van der Waals surface area (Å²) in [6.07, 6.45) is 3.80. The highest BCUT2D eigenvalue weighted by molar-refractivity contribution is 5.90. The highest BCUT2D eigenvalue weighted by Gasteiger charge is 2.16. The van der Waals surface area contributed by atoms with E-state index >= 15 is 0 Å². The molecule has 5 heteroatoms. The van der Waals surface area contributed by atoms with Crippen LogP contribution in [-0.2, 0) is 16.0 Å². The van der Waals surface area contributed by atoms with Gasteiger partial charge in [0.05, 0.1) is 19.8 Å². The minimum atomic E-state index is -0.358. The number of rotatable bonds is 5. The topological polar surface area (TPSA) is 60.7 Å². The van der Waals surface area contributed by atoms with Crippen LogP contribution in [0.1, 0.15) is 41.1 Å². The fourth-order valence-corrected chi connectivity index (χ4v) is 2.27. The van der Waals surface area contributed by atoms with Crippen LogP contribution < -0.4 is 5.32 Å². The van der Waals surface area contributed by atoms with Crippen molar-refractivity contribution < 1.29 is 18.7 Å². The first-order valence-corrected chi connectivity index (χ1v) is 6.70. The lowest BCUT2D eigenvalue weighted by molar-refractivity contribution is 0.0165. The van der Waals surface area contributed by atoms with E-state index in [1.165, 1.54) is 13.5 Å². The average molecular weight is 267 g/mol. The van der Waals surface area contributed by atoms with Crippen LogP contribution in [-0.4, -0.2) is 32.3 Å². The maximum absolute atomic E-state index is 11.4. The SMILES string of the molecule is COC(=O)c1cc(CNCC2CCCCO2)oc1C. The smallest absolute Gasteiger partial charge is 0.341 e. The Kier molecular flexibility index (Phi) is 4.99. The molecule has 0 amide bonds. The molecular formula is C14H21NO4. The number of esters is 1. The maximum Gasteiger partial charge on any atom is 0.341 e. The van der Waals surface area contributed by atoms with E-state index < -0.39 is 0 Å². The van der Waals surface area contributed by atoms with E-state index in [9.17, 15) is 4.79 Å². The van der Waals surface area contributed by atoms with Crippen molar-refractivity contribution in [3.63, 3.8) is 0 Å². The van der Waals surface area contributed by atoms with E-state index in [0.717, 1.165) is 31.8 Å². The molecule has 1 atom stereocenters. The summed E-state index contributed by atoms with van der Waals surface area (Å²) in [6.45, 7) is 4.03. The molecule has 2 heterocycles. The highest BCUT2D eigenvalue weighted by atomic mass is 16.5. The van der Waals surface area contributed by atoms with Gasteiger partial charge in [0.25, 0.3) is 0 Å². The second-order valence-corrected chi connectivity index (χ2v) is 4.79. The molecule has 1 aliphatic rings. The van der Waals surface area contributed by atoms with Crippen molar-refractivity contribution in [3.05, 3.63) is 23.2 Å². The zero-order valence-electron chi connectivity index (χ0n) is 11.5. The zero-order chi connectivity index (χ0) is 13.7. The molecule has 1 N–H and O–H groups in total. The third-order valence-corrected chi connectivity index (χ3v) is 3.32. The van der Waals surface area contributed by atoms with Gasteiger partial charge in [0, 0.05) is 13.2 Å². The predicted octanol–water partition coefficient (Wildman–Crippen LogP) is 2.03. The lowest BCUT2D eigenvalue weighted by Crippen LogP contribution is -2.31. The van der Waals surface area contributed by atoms with Gasteiger partial charge in [-0.15, -0.1) is 0 Å². The van der Waals surface area contributed by atoms with Gasteiger partial charge in [-0.25, -0.2) is 4.79 Å². The van der Waals surface area contributed by atoms with Crippen LogP contribution >= 0.6 is 0 Å². The van der Waals surface area contributed by atoms with E-state index in [4.69, 9.17) is 13.9 Å². The molecule has 0 spiro atoms. The second-order valence-electron chi connectivity index (χ2n) is 4.79. The fourth-order valence-electron chi connectivity index (χ4n) is 2.27. The summed E-state index contributed by atoms with van der Waals surface area (Å²) < 4.78 is 15.8. The summed E-state index contributed by atoms with van der Waals surface area (Å²) >= 11 is 0. The molecule has 106 valence electrons. The van der Waals surface area contributed by atoms with Crippen molar-refractivity contribution in [2.45, 2.75) is 38.8 Å². The average Bonchev–Trinajstić information content (AvgIpc) is 2.80. The molecule has 0 aliphatic carbocycles. The van der Waals surface area contributed by atoms with Crippen LogP contribution in [0.25, 0.3) is 0 Å². The van der Waals surface area contributed by atoms with Crippen LogP contribution in [0.15, 0.2) is 10.5 Å². The van der Waals surface area contributed by atoms with Gasteiger partial charge in [-0.2, -0.15) is 0 Å². The summed E-state index contributed by atoms with van der Waals surface area (Å²) in [5, 5.41) is 3.30. The number of hydrogen-bond donors (Lipinski definition) is 1. The Morgan fingerprint density at radius 3 is 3.05 bits per heavy atom. The summed E-state index contributed by atoms with van der Waals surface area (Å²) in [5.74, 6) is 0.981. The lowest BCUT2D eigenvalue weighted by Gasteiger charge is -2.22. The quantitative estimate of drug-likeness (QED) is 0.827. The van der Waals surface area contributed by atoms with E-state index in [-0.39, 0.29) is 5.97 Å². The summed E-state index contributed by atoms with van der Waals surface area (Å²) in [6, 6.07) is 1.73. The normalized spacial score (nSPS) is 19.4. The molecule has 0 radical (unpaired) electrons. The summed E-state index contributed by atoms with van der Waals surface area (Å²) in [7, 11) is 1.37. The van der Waals surface area contributed by atoms with Gasteiger partial charge in [0.1, 0.15) is 17.1 Å². The number of aryl methyl sites for hydroxylation is 1. The molecule has 1 unspecified atom stereocenters. The minimum Gasteiger partial charge on any atom is -0.465 e. The number of ether oxygens (including phenoxy) is 2. The van der Waals surface area contributed by atoms with Gasteiger partial charge in [0.15, 0.2) is 0 Å². The van der Waals surface area contributed by atoms with E-state index in [1.54, 1.807) is 13.0 Å². The van der Waals surface area contributed by atoms with Gasteiger partial charge in [-0.3, -0.25) is 0 Å². The van der Waals surface area contributed by atoms with Crippen molar-refractivity contribution in [1.82, 2.24) is 5.32 Å². The third kappa shape index (κ3) is 3.81. The Bertz CT molecular complexity index is 421. The molecule has 2 rings (SSSR count). The first-order valence-electron chi connectivity index (χ1n) is 6.70. The van der Waals surface area contributed by atoms with Crippen molar-refractivity contribution in [2.24, 2.45) is 0 Å². The molecule has 0 saturated carbocycles. The Hall–Kier alpha value is -1.33. The molecule has 5 nitrogen and oxygen atoms in total. The van der Waals surface area contributed by atoms with Crippen LogP contribution in [0.4, 0.5) is 0 Å². The number of nitrogens with one attached hydrogen (secondary N) is 1. The fraction of sp³-hybridized carbons (Fsp3) is 0.643. The van der Waals surface area contributed by atoms with Crippen LogP contribution in [0.2, 0.25) is 0 Å². The van der Waals surface area contributed by atoms with Crippen LogP contribution in [0, 0.1) is 6.92 Å². The van der Waals surface area contributed by atoms with Gasteiger partial charge < -0.3 is 19.2 Å². The molecule has 1 saturated heterocycles. The summed E-state index contributed by atoms with van der Waals surface area (Å²) in [5.41, 5.74) is 0.494. The predicted molar refractivity (Wildman–Crippen MR) is 70.1 cm³/mol. The minimum absolute atomic E-state index is 0.296. The van der Waals surface area contributed by atoms with E-state index in [0.29, 0.717) is 24.0 Å². The Labute approximate surface area is 113 Å². The van der Waals surface area contributed by atoms with Crippen molar-refractivity contribution in [3.8, 4) is 0 Å². The molecular weight excluding hydrogens is 246 g/mol. The van der Waals surface area contributed by atoms with Gasteiger partial charge in [0.2, 0.25) is 0 Å². The van der Waals surface area contributed by atoms with E-state index in [1.807, 2.05) is 0 Å². The molecule has 0 bridgehead atoms.